The molecule has 0 saturated carbocycles. The number of hydrogen-bond donors (Lipinski definition) is 0. The van der Waals surface area contributed by atoms with Gasteiger partial charge in [0.05, 0.1) is 6.33 Å². The van der Waals surface area contributed by atoms with Gasteiger partial charge in [0.1, 0.15) is 5.52 Å². The molecule has 0 aliphatic heterocycles. The highest BCUT2D eigenvalue weighted by atomic mass is 15.1. The largest absolute Gasteiger partial charge is 0.316 e. The van der Waals surface area contributed by atoms with Crippen molar-refractivity contribution in [2.45, 2.75) is 33.2 Å². The van der Waals surface area contributed by atoms with Gasteiger partial charge >= 0.3 is 0 Å². The SMILES string of the molecule is CCn1cnc2cc(C(C)C)cnc21. The first kappa shape index (κ1) is 9.19. The Morgan fingerprint density at radius 2 is 2.14 bits per heavy atom. The van der Waals surface area contributed by atoms with E-state index in [1.807, 2.05) is 12.5 Å². The first-order valence-corrected chi connectivity index (χ1v) is 5.03. The van der Waals surface area contributed by atoms with Gasteiger partial charge in [0.25, 0.3) is 0 Å². The van der Waals surface area contributed by atoms with E-state index in [4.69, 9.17) is 0 Å². The fraction of sp³-hybridized carbons (Fsp3) is 0.455. The third kappa shape index (κ3) is 1.39. The average molecular weight is 189 g/mol. The molecule has 0 N–H and O–H groups in total. The quantitative estimate of drug-likeness (QED) is 0.727. The Labute approximate surface area is 83.8 Å². The fourth-order valence-electron chi connectivity index (χ4n) is 1.51. The molecule has 0 aromatic carbocycles. The van der Waals surface area contributed by atoms with Gasteiger partial charge in [-0.25, -0.2) is 9.97 Å². The van der Waals surface area contributed by atoms with Crippen molar-refractivity contribution in [2.75, 3.05) is 0 Å². The lowest BCUT2D eigenvalue weighted by molar-refractivity contribution is 0.776. The normalized spacial score (nSPS) is 11.4. The Bertz CT molecular complexity index is 443. The second-order valence-corrected chi connectivity index (χ2v) is 3.80. The van der Waals surface area contributed by atoms with Crippen molar-refractivity contribution in [3.05, 3.63) is 24.2 Å². The number of imidazole rings is 1. The van der Waals surface area contributed by atoms with Crippen LogP contribution in [-0.2, 0) is 6.54 Å². The van der Waals surface area contributed by atoms with E-state index in [0.29, 0.717) is 5.92 Å². The fourth-order valence-corrected chi connectivity index (χ4v) is 1.51. The molecule has 0 unspecified atom stereocenters. The second-order valence-electron chi connectivity index (χ2n) is 3.80. The molecule has 2 rings (SSSR count). The van der Waals surface area contributed by atoms with Crippen molar-refractivity contribution >= 4 is 11.2 Å². The van der Waals surface area contributed by atoms with Crippen LogP contribution < -0.4 is 0 Å². The summed E-state index contributed by atoms with van der Waals surface area (Å²) in [4.78, 5) is 8.77. The Morgan fingerprint density at radius 1 is 1.36 bits per heavy atom. The molecule has 3 heteroatoms. The van der Waals surface area contributed by atoms with Crippen molar-refractivity contribution in [3.63, 3.8) is 0 Å². The van der Waals surface area contributed by atoms with Crippen LogP contribution in [0.2, 0.25) is 0 Å². The van der Waals surface area contributed by atoms with Crippen LogP contribution in [0.25, 0.3) is 11.2 Å². The lowest BCUT2D eigenvalue weighted by Crippen LogP contribution is -1.94. The van der Waals surface area contributed by atoms with Crippen LogP contribution >= 0.6 is 0 Å². The standard InChI is InChI=1S/C11H15N3/c1-4-14-7-13-10-5-9(8(2)3)6-12-11(10)14/h5-8H,4H2,1-3H3. The zero-order valence-corrected chi connectivity index (χ0v) is 8.86. The molecule has 0 amide bonds. The van der Waals surface area contributed by atoms with E-state index in [9.17, 15) is 0 Å². The minimum absolute atomic E-state index is 0.513. The van der Waals surface area contributed by atoms with Crippen LogP contribution in [-0.4, -0.2) is 14.5 Å². The number of pyridine rings is 1. The van der Waals surface area contributed by atoms with Crippen LogP contribution in [0.3, 0.4) is 0 Å². The van der Waals surface area contributed by atoms with Gasteiger partial charge < -0.3 is 4.57 Å². The van der Waals surface area contributed by atoms with Crippen molar-refractivity contribution in [1.82, 2.24) is 14.5 Å². The molecular formula is C11H15N3. The molecule has 0 aliphatic rings. The van der Waals surface area contributed by atoms with Gasteiger partial charge in [-0.1, -0.05) is 13.8 Å². The number of aryl methyl sites for hydroxylation is 1. The number of hydrogen-bond acceptors (Lipinski definition) is 2. The predicted molar refractivity (Wildman–Crippen MR) is 57.3 cm³/mol. The third-order valence-corrected chi connectivity index (χ3v) is 2.48. The summed E-state index contributed by atoms with van der Waals surface area (Å²) >= 11 is 0. The molecule has 2 heterocycles. The lowest BCUT2D eigenvalue weighted by Gasteiger charge is -2.04. The highest BCUT2D eigenvalue weighted by Crippen LogP contribution is 2.17. The van der Waals surface area contributed by atoms with Gasteiger partial charge in [-0.15, -0.1) is 0 Å². The Balaban J connectivity index is 2.57. The summed E-state index contributed by atoms with van der Waals surface area (Å²) < 4.78 is 2.06. The second kappa shape index (κ2) is 3.40. The van der Waals surface area contributed by atoms with Crippen molar-refractivity contribution in [3.8, 4) is 0 Å². The minimum Gasteiger partial charge on any atom is -0.316 e. The van der Waals surface area contributed by atoms with Crippen LogP contribution in [0.15, 0.2) is 18.6 Å². The molecule has 0 radical (unpaired) electrons. The highest BCUT2D eigenvalue weighted by molar-refractivity contribution is 5.71. The van der Waals surface area contributed by atoms with E-state index >= 15 is 0 Å². The Hall–Kier alpha value is -1.38. The lowest BCUT2D eigenvalue weighted by atomic mass is 10.1. The molecule has 0 saturated heterocycles. The van der Waals surface area contributed by atoms with Crippen LogP contribution in [0.4, 0.5) is 0 Å². The monoisotopic (exact) mass is 189 g/mol. The van der Waals surface area contributed by atoms with Gasteiger partial charge in [0, 0.05) is 12.7 Å². The summed E-state index contributed by atoms with van der Waals surface area (Å²) in [5.41, 5.74) is 3.23. The minimum atomic E-state index is 0.513. The average Bonchev–Trinajstić information content (AvgIpc) is 2.59. The molecular weight excluding hydrogens is 174 g/mol. The first-order valence-electron chi connectivity index (χ1n) is 5.03. The van der Waals surface area contributed by atoms with E-state index in [0.717, 1.165) is 17.7 Å². The van der Waals surface area contributed by atoms with Gasteiger partial charge in [-0.3, -0.25) is 0 Å². The zero-order valence-electron chi connectivity index (χ0n) is 8.86. The highest BCUT2D eigenvalue weighted by Gasteiger charge is 2.05. The van der Waals surface area contributed by atoms with Crippen molar-refractivity contribution < 1.29 is 0 Å². The molecule has 14 heavy (non-hydrogen) atoms. The van der Waals surface area contributed by atoms with Crippen LogP contribution in [0.1, 0.15) is 32.3 Å². The molecule has 0 bridgehead atoms. The maximum Gasteiger partial charge on any atom is 0.159 e. The molecule has 0 fully saturated rings. The molecule has 2 aromatic rings. The van der Waals surface area contributed by atoms with E-state index < -0.39 is 0 Å². The van der Waals surface area contributed by atoms with Gasteiger partial charge in [0.2, 0.25) is 0 Å². The number of fused-ring (bicyclic) bond motifs is 1. The molecule has 2 aromatic heterocycles. The van der Waals surface area contributed by atoms with Crippen LogP contribution in [0, 0.1) is 0 Å². The maximum absolute atomic E-state index is 4.43. The van der Waals surface area contributed by atoms with Crippen molar-refractivity contribution in [2.24, 2.45) is 0 Å². The van der Waals surface area contributed by atoms with Crippen molar-refractivity contribution in [1.29, 1.82) is 0 Å². The molecule has 0 atom stereocenters. The smallest absolute Gasteiger partial charge is 0.159 e. The van der Waals surface area contributed by atoms with E-state index in [-0.39, 0.29) is 0 Å². The van der Waals surface area contributed by atoms with E-state index in [1.165, 1.54) is 5.56 Å². The first-order chi connectivity index (χ1) is 6.72. The summed E-state index contributed by atoms with van der Waals surface area (Å²) in [6.07, 6.45) is 3.79. The number of aromatic nitrogens is 3. The third-order valence-electron chi connectivity index (χ3n) is 2.48. The van der Waals surface area contributed by atoms with E-state index in [1.54, 1.807) is 0 Å². The topological polar surface area (TPSA) is 30.7 Å². The van der Waals surface area contributed by atoms with E-state index in [2.05, 4.69) is 41.4 Å². The predicted octanol–water partition coefficient (Wildman–Crippen LogP) is 2.57. The Morgan fingerprint density at radius 3 is 2.79 bits per heavy atom. The zero-order chi connectivity index (χ0) is 10.1. The Kier molecular flexibility index (Phi) is 2.23. The van der Waals surface area contributed by atoms with Gasteiger partial charge in [0.15, 0.2) is 5.65 Å². The number of nitrogens with zero attached hydrogens (tertiary/aromatic N) is 3. The summed E-state index contributed by atoms with van der Waals surface area (Å²) in [5.74, 6) is 0.513. The summed E-state index contributed by atoms with van der Waals surface area (Å²) in [5, 5.41) is 0. The molecule has 3 nitrogen and oxygen atoms in total. The van der Waals surface area contributed by atoms with Gasteiger partial charge in [-0.2, -0.15) is 0 Å². The maximum atomic E-state index is 4.43. The number of rotatable bonds is 2. The molecule has 0 spiro atoms. The molecule has 0 aliphatic carbocycles. The summed E-state index contributed by atoms with van der Waals surface area (Å²) in [6, 6.07) is 2.12. The summed E-state index contributed by atoms with van der Waals surface area (Å²) in [7, 11) is 0. The molecule has 74 valence electrons. The van der Waals surface area contributed by atoms with Gasteiger partial charge in [-0.05, 0) is 24.5 Å². The van der Waals surface area contributed by atoms with Crippen LogP contribution in [0.5, 0.6) is 0 Å². The summed E-state index contributed by atoms with van der Waals surface area (Å²) in [6.45, 7) is 7.35.